The van der Waals surface area contributed by atoms with Gasteiger partial charge in [-0.2, -0.15) is 0 Å². The quantitative estimate of drug-likeness (QED) is 0.126. The van der Waals surface area contributed by atoms with Gasteiger partial charge in [-0.1, -0.05) is 6.92 Å². The van der Waals surface area contributed by atoms with Crippen molar-refractivity contribution >= 4 is 59.8 Å². The van der Waals surface area contributed by atoms with Crippen molar-refractivity contribution < 1.29 is 21.5 Å². The number of hydrogen-bond acceptors (Lipinski definition) is 5. The summed E-state index contributed by atoms with van der Waals surface area (Å²) in [5.74, 6) is 2.09. The number of allylic oxidation sites excluding steroid dienone is 3. The molecule has 0 radical (unpaired) electrons. The van der Waals surface area contributed by atoms with Crippen molar-refractivity contribution in [3.63, 3.8) is 0 Å². The van der Waals surface area contributed by atoms with Gasteiger partial charge in [0.05, 0.1) is 0 Å². The predicted octanol–water partition coefficient (Wildman–Crippen LogP) is 9.90. The first-order valence-corrected chi connectivity index (χ1v) is 40.9. The topological polar surface area (TPSA) is 54.0 Å². The van der Waals surface area contributed by atoms with Crippen molar-refractivity contribution in [3.05, 3.63) is 23.4 Å². The second-order valence-corrected chi connectivity index (χ2v) is 51.3. The van der Waals surface area contributed by atoms with Crippen molar-refractivity contribution in [2.24, 2.45) is 0 Å². The fourth-order valence-electron chi connectivity index (χ4n) is 2.81. The molecule has 0 fully saturated rings. The molecule has 0 aliphatic heterocycles. The van der Waals surface area contributed by atoms with Crippen LogP contribution in [0.15, 0.2) is 23.4 Å². The van der Waals surface area contributed by atoms with E-state index in [9.17, 15) is 4.79 Å². The normalized spacial score (nSPS) is 15.0. The van der Waals surface area contributed by atoms with Gasteiger partial charge < -0.3 is 8.85 Å². The third-order valence-corrected chi connectivity index (χ3v) is 17.5. The van der Waals surface area contributed by atoms with E-state index in [0.29, 0.717) is 6.61 Å². The van der Waals surface area contributed by atoms with Crippen LogP contribution in [0.1, 0.15) is 59.8 Å². The molecule has 0 N–H and O–H groups in total. The van der Waals surface area contributed by atoms with Crippen molar-refractivity contribution in [1.82, 2.24) is 0 Å². The van der Waals surface area contributed by atoms with Crippen LogP contribution in [-0.2, 0) is 21.5 Å². The van der Waals surface area contributed by atoms with E-state index in [1.54, 1.807) is 0 Å². The maximum atomic E-state index is 11.2. The number of hydrogen-bond donors (Lipinski definition) is 0. The van der Waals surface area contributed by atoms with E-state index in [1.165, 1.54) is 37.0 Å². The zero-order valence-corrected chi connectivity index (χ0v) is 35.1. The third kappa shape index (κ3) is 23.9. The molecule has 0 bridgehead atoms. The van der Waals surface area contributed by atoms with Gasteiger partial charge in [0.15, 0.2) is 0 Å². The Hall–Kier alpha value is 0.381. The predicted molar refractivity (Wildman–Crippen MR) is 172 cm³/mol. The first kappa shape index (κ1) is 39.5. The second kappa shape index (κ2) is 17.9. The SMILES string of the molecule is CCC(C)=C(O[Si](C)(C)C)O[Si](C)(C)C.CCOC(=O)[CH](C)[Sn]([CH3])([CH3])[CH3].[CH3][Sn]([CH3])([CH3])[O]C1=CCCCC1. The molecule has 1 rings (SSSR count). The molecule has 0 spiro atoms. The second-order valence-electron chi connectivity index (χ2n) is 13.8. The zero-order chi connectivity index (χ0) is 29.7. The number of ether oxygens (including phenoxy) is 1. The molecule has 0 aromatic heterocycles. The summed E-state index contributed by atoms with van der Waals surface area (Å²) in [6, 6.07) is 0. The molecular weight excluding hydrogens is 710 g/mol. The molecule has 0 aromatic rings. The molecular formula is C28H62O5Si2Sn2. The summed E-state index contributed by atoms with van der Waals surface area (Å²) >= 11 is -4.00. The first-order chi connectivity index (χ1) is 16.5. The average molecular weight is 772 g/mol. The summed E-state index contributed by atoms with van der Waals surface area (Å²) in [7, 11) is -3.12. The van der Waals surface area contributed by atoms with Gasteiger partial charge in [-0.25, -0.2) is 0 Å². The molecule has 37 heavy (non-hydrogen) atoms. The summed E-state index contributed by atoms with van der Waals surface area (Å²) in [6.07, 6.45) is 8.38. The maximum absolute atomic E-state index is 11.2. The van der Waals surface area contributed by atoms with Gasteiger partial charge in [-0.05, 0) is 52.6 Å². The Bertz CT molecular complexity index is 707. The Morgan fingerprint density at radius 2 is 1.41 bits per heavy atom. The minimum atomic E-state index is -2.02. The summed E-state index contributed by atoms with van der Waals surface area (Å²) in [4.78, 5) is 24.9. The van der Waals surface area contributed by atoms with E-state index in [0.717, 1.165) is 12.4 Å². The number of carbonyl (C=O) groups excluding carboxylic acids is 1. The van der Waals surface area contributed by atoms with Gasteiger partial charge in [-0.3, -0.25) is 0 Å². The van der Waals surface area contributed by atoms with E-state index in [2.05, 4.69) is 88.8 Å². The van der Waals surface area contributed by atoms with E-state index in [1.807, 2.05) is 13.8 Å². The van der Waals surface area contributed by atoms with E-state index >= 15 is 0 Å². The molecule has 0 heterocycles. The van der Waals surface area contributed by atoms with Crippen LogP contribution in [-0.4, -0.2) is 66.4 Å². The molecule has 0 saturated heterocycles. The van der Waals surface area contributed by atoms with Gasteiger partial charge in [0, 0.05) is 5.57 Å². The molecule has 1 unspecified atom stereocenters. The first-order valence-electron chi connectivity index (χ1n) is 14.1. The van der Waals surface area contributed by atoms with Crippen LogP contribution in [0.3, 0.4) is 0 Å². The molecule has 1 aliphatic carbocycles. The zero-order valence-electron chi connectivity index (χ0n) is 27.4. The van der Waals surface area contributed by atoms with Gasteiger partial charge >= 0.3 is 147 Å². The van der Waals surface area contributed by atoms with Crippen LogP contribution >= 0.6 is 0 Å². The molecule has 5 nitrogen and oxygen atoms in total. The van der Waals surface area contributed by atoms with Crippen LogP contribution < -0.4 is 0 Å². The fraction of sp³-hybridized carbons (Fsp3) is 0.821. The van der Waals surface area contributed by atoms with Crippen LogP contribution in [0.4, 0.5) is 0 Å². The van der Waals surface area contributed by atoms with Gasteiger partial charge in [0.2, 0.25) is 22.6 Å². The fourth-order valence-corrected chi connectivity index (χ4v) is 9.47. The Balaban J connectivity index is 0. The monoisotopic (exact) mass is 774 g/mol. The van der Waals surface area contributed by atoms with Gasteiger partial charge in [-0.15, -0.1) is 0 Å². The van der Waals surface area contributed by atoms with Crippen LogP contribution in [0.25, 0.3) is 0 Å². The Labute approximate surface area is 242 Å². The van der Waals surface area contributed by atoms with Gasteiger partial charge in [0.25, 0.3) is 0 Å². The van der Waals surface area contributed by atoms with E-state index in [4.69, 9.17) is 16.7 Å². The molecule has 0 saturated carbocycles. The van der Waals surface area contributed by atoms with Crippen LogP contribution in [0, 0.1) is 0 Å². The van der Waals surface area contributed by atoms with Crippen LogP contribution in [0.5, 0.6) is 0 Å². The van der Waals surface area contributed by atoms with E-state index in [-0.39, 0.29) is 9.90 Å². The van der Waals surface area contributed by atoms with Crippen molar-refractivity contribution in [1.29, 1.82) is 0 Å². The summed E-state index contributed by atoms with van der Waals surface area (Å²) in [6.45, 7) is 21.7. The summed E-state index contributed by atoms with van der Waals surface area (Å²) in [5.41, 5.74) is 1.22. The standard InChI is InChI=1S/C11H26O2Si2.C6H10O.C5H9O2.6CH3.2Sn/c1-9-10(2)11(12-14(3,4)5)13-15(6,7)8;7-6-4-2-1-3-5-6;1-3-5(6)7-4-2;;;;;;;;/h9H2,1-8H3;4,7H,1-3,5H2;3H,4H2,1-2H3;6*1H3;;/q;;;;;;;;;;+1/p-1. The molecule has 1 aliphatic rings. The Morgan fingerprint density at radius 3 is 1.70 bits per heavy atom. The Morgan fingerprint density at radius 1 is 0.919 bits per heavy atom. The number of carbonyl (C=O) groups is 1. The average Bonchev–Trinajstić information content (AvgIpc) is 2.70. The molecule has 0 amide bonds. The van der Waals surface area contributed by atoms with Crippen molar-refractivity contribution in [3.8, 4) is 0 Å². The van der Waals surface area contributed by atoms with Gasteiger partial charge in [0.1, 0.15) is 0 Å². The molecule has 0 aromatic carbocycles. The molecule has 1 atom stereocenters. The number of rotatable bonds is 10. The van der Waals surface area contributed by atoms with Crippen molar-refractivity contribution in [2.75, 3.05) is 6.61 Å². The van der Waals surface area contributed by atoms with E-state index < -0.39 is 53.8 Å². The van der Waals surface area contributed by atoms with Crippen LogP contribution in [0.2, 0.25) is 72.9 Å². The number of esters is 1. The Kier molecular flexibility index (Phi) is 19.2. The molecule has 9 heteroatoms. The minimum absolute atomic E-state index is 0.00389. The summed E-state index contributed by atoms with van der Waals surface area (Å²) in [5, 5.41) is 0. The third-order valence-electron chi connectivity index (χ3n) is 5.30. The van der Waals surface area contributed by atoms with Crippen molar-refractivity contribution in [2.45, 2.75) is 133 Å². The summed E-state index contributed by atoms with van der Waals surface area (Å²) < 4.78 is 23.1. The molecule has 220 valence electrons.